The average molecular weight is 342 g/mol. The highest BCUT2D eigenvalue weighted by Gasteiger charge is 2.35. The fraction of sp³-hybridized carbons (Fsp3) is 0.476. The second-order valence-corrected chi connectivity index (χ2v) is 8.34. The molecule has 0 saturated heterocycles. The van der Waals surface area contributed by atoms with Gasteiger partial charge >= 0.3 is 0 Å². The Labute approximate surface area is 149 Å². The van der Waals surface area contributed by atoms with Gasteiger partial charge < -0.3 is 5.11 Å². The van der Waals surface area contributed by atoms with Gasteiger partial charge in [0.1, 0.15) is 5.76 Å². The summed E-state index contributed by atoms with van der Waals surface area (Å²) in [5.41, 5.74) is -0.00276. The van der Waals surface area contributed by atoms with Crippen molar-refractivity contribution in [1.82, 2.24) is 0 Å². The molecule has 0 aliphatic heterocycles. The lowest BCUT2D eigenvalue weighted by Crippen LogP contribution is -2.31. The molecule has 0 heterocycles. The van der Waals surface area contributed by atoms with Crippen molar-refractivity contribution < 1.29 is 19.5 Å². The average Bonchev–Trinajstić information content (AvgIpc) is 2.40. The number of rotatable bonds is 3. The van der Waals surface area contributed by atoms with Crippen molar-refractivity contribution in [2.45, 2.75) is 53.4 Å². The zero-order valence-electron chi connectivity index (χ0n) is 15.4. The molecule has 1 fully saturated rings. The van der Waals surface area contributed by atoms with E-state index in [1.807, 2.05) is 27.7 Å². The minimum atomic E-state index is -0.325. The molecule has 25 heavy (non-hydrogen) atoms. The molecule has 0 unspecified atom stereocenters. The number of hydrogen-bond acceptors (Lipinski definition) is 4. The summed E-state index contributed by atoms with van der Waals surface area (Å²) < 4.78 is 0. The minimum absolute atomic E-state index is 0.0212. The number of Topliss-reactive ketones (excluding diaryl/α,β-unsaturated/α-hetero) is 3. The first kappa shape index (κ1) is 19.1. The first-order chi connectivity index (χ1) is 11.5. The van der Waals surface area contributed by atoms with Crippen molar-refractivity contribution in [3.63, 3.8) is 0 Å². The molecule has 0 aromatic rings. The number of ketones is 3. The Morgan fingerprint density at radius 1 is 0.960 bits per heavy atom. The molecule has 0 radical (unpaired) electrons. The van der Waals surface area contributed by atoms with Gasteiger partial charge in [-0.05, 0) is 29.4 Å². The number of carbonyl (C=O) groups excluding carboxylic acids is 3. The van der Waals surface area contributed by atoms with E-state index in [1.54, 1.807) is 30.4 Å². The molecule has 2 rings (SSSR count). The van der Waals surface area contributed by atoms with Crippen molar-refractivity contribution in [1.29, 1.82) is 0 Å². The van der Waals surface area contributed by atoms with Gasteiger partial charge in [0.05, 0.1) is 11.1 Å². The molecular weight excluding hydrogens is 316 g/mol. The normalized spacial score (nSPS) is 24.8. The van der Waals surface area contributed by atoms with Crippen molar-refractivity contribution in [3.8, 4) is 0 Å². The summed E-state index contributed by atoms with van der Waals surface area (Å²) in [5.74, 6) is -0.284. The Bertz CT molecular complexity index is 705. The van der Waals surface area contributed by atoms with Crippen LogP contribution in [0.1, 0.15) is 53.4 Å². The summed E-state index contributed by atoms with van der Waals surface area (Å²) >= 11 is 0. The molecule has 0 aromatic heterocycles. The van der Waals surface area contributed by atoms with Crippen LogP contribution >= 0.6 is 0 Å². The van der Waals surface area contributed by atoms with E-state index in [0.717, 1.165) is 0 Å². The van der Waals surface area contributed by atoms with E-state index >= 15 is 0 Å². The summed E-state index contributed by atoms with van der Waals surface area (Å²) in [6, 6.07) is 0. The molecule has 4 heteroatoms. The van der Waals surface area contributed by atoms with Gasteiger partial charge in [0.2, 0.25) is 0 Å². The molecule has 0 spiro atoms. The van der Waals surface area contributed by atoms with Gasteiger partial charge in [-0.15, -0.1) is 0 Å². The second-order valence-electron chi connectivity index (χ2n) is 8.34. The highest BCUT2D eigenvalue weighted by atomic mass is 16.3. The number of carbonyl (C=O) groups is 3. The third-order valence-electron chi connectivity index (χ3n) is 4.46. The van der Waals surface area contributed by atoms with Crippen LogP contribution < -0.4 is 0 Å². The minimum Gasteiger partial charge on any atom is -0.508 e. The van der Waals surface area contributed by atoms with E-state index in [4.69, 9.17) is 0 Å². The highest BCUT2D eigenvalue weighted by Crippen LogP contribution is 2.34. The lowest BCUT2D eigenvalue weighted by atomic mass is 9.74. The van der Waals surface area contributed by atoms with Crippen molar-refractivity contribution >= 4 is 17.3 Å². The Morgan fingerprint density at radius 3 is 2.08 bits per heavy atom. The summed E-state index contributed by atoms with van der Waals surface area (Å²) in [5, 5.41) is 10.0. The maximum absolute atomic E-state index is 12.1. The standard InChI is InChI=1S/C21H26O4/c1-20(2)10-16(22)14(17(23)11-20)8-6-5-7-9-15-18(24)12-21(3,4)13-19(15)25/h5-6,8-9,12,24H,7,10-11,13H2,1-4H3. The fourth-order valence-corrected chi connectivity index (χ4v) is 3.26. The van der Waals surface area contributed by atoms with Gasteiger partial charge in [-0.3, -0.25) is 14.4 Å². The van der Waals surface area contributed by atoms with Gasteiger partial charge in [0.25, 0.3) is 0 Å². The second kappa shape index (κ2) is 6.95. The maximum atomic E-state index is 12.1. The number of hydrogen-bond donors (Lipinski definition) is 1. The lowest BCUT2D eigenvalue weighted by Gasteiger charge is -2.28. The Morgan fingerprint density at radius 2 is 1.52 bits per heavy atom. The van der Waals surface area contributed by atoms with Crippen LogP contribution in [0.5, 0.6) is 0 Å². The maximum Gasteiger partial charge on any atom is 0.167 e. The molecule has 0 bridgehead atoms. The monoisotopic (exact) mass is 342 g/mol. The van der Waals surface area contributed by atoms with Gasteiger partial charge in [0.15, 0.2) is 17.3 Å². The van der Waals surface area contributed by atoms with Gasteiger partial charge in [-0.1, -0.05) is 45.9 Å². The van der Waals surface area contributed by atoms with Crippen LogP contribution in [-0.4, -0.2) is 22.5 Å². The summed E-state index contributed by atoms with van der Waals surface area (Å²) in [7, 11) is 0. The molecular formula is C21H26O4. The predicted molar refractivity (Wildman–Crippen MR) is 97.1 cm³/mol. The highest BCUT2D eigenvalue weighted by molar-refractivity contribution is 6.22. The number of allylic oxidation sites excluding steroid dienone is 7. The van der Waals surface area contributed by atoms with E-state index in [1.165, 1.54) is 0 Å². The van der Waals surface area contributed by atoms with Crippen LogP contribution in [0.15, 0.2) is 47.3 Å². The molecule has 2 aliphatic rings. The molecule has 0 aromatic carbocycles. The van der Waals surface area contributed by atoms with Crippen LogP contribution in [-0.2, 0) is 14.4 Å². The third-order valence-corrected chi connectivity index (χ3v) is 4.46. The van der Waals surface area contributed by atoms with Crippen LogP contribution in [0.25, 0.3) is 0 Å². The molecule has 2 aliphatic carbocycles. The smallest absolute Gasteiger partial charge is 0.167 e. The zero-order chi connectivity index (χ0) is 18.8. The first-order valence-corrected chi connectivity index (χ1v) is 8.60. The number of aliphatic hydroxyl groups excluding tert-OH is 1. The molecule has 1 saturated carbocycles. The molecule has 1 N–H and O–H groups in total. The molecule has 134 valence electrons. The van der Waals surface area contributed by atoms with Crippen LogP contribution in [0, 0.1) is 10.8 Å². The SMILES string of the molecule is CC1(C)C=C(O)C(=CCC=CC=C2C(=O)CC(C)(C)CC2=O)C(=O)C1. The Kier molecular flexibility index (Phi) is 5.31. The lowest BCUT2D eigenvalue weighted by molar-refractivity contribution is -0.127. The number of aliphatic hydroxyl groups is 1. The van der Waals surface area contributed by atoms with E-state index in [9.17, 15) is 19.5 Å². The molecule has 4 nitrogen and oxygen atoms in total. The van der Waals surface area contributed by atoms with Crippen molar-refractivity contribution in [3.05, 3.63) is 47.3 Å². The largest absolute Gasteiger partial charge is 0.508 e. The topological polar surface area (TPSA) is 71.4 Å². The first-order valence-electron chi connectivity index (χ1n) is 8.60. The molecule has 0 amide bonds. The van der Waals surface area contributed by atoms with E-state index < -0.39 is 0 Å². The molecule has 0 atom stereocenters. The Hall–Kier alpha value is -2.23. The van der Waals surface area contributed by atoms with Crippen molar-refractivity contribution in [2.24, 2.45) is 10.8 Å². The van der Waals surface area contributed by atoms with Gasteiger partial charge in [-0.25, -0.2) is 0 Å². The van der Waals surface area contributed by atoms with E-state index in [0.29, 0.717) is 31.3 Å². The van der Waals surface area contributed by atoms with Crippen molar-refractivity contribution in [2.75, 3.05) is 0 Å². The zero-order valence-corrected chi connectivity index (χ0v) is 15.4. The fourth-order valence-electron chi connectivity index (χ4n) is 3.26. The predicted octanol–water partition coefficient (Wildman–Crippen LogP) is 4.18. The van der Waals surface area contributed by atoms with Gasteiger partial charge in [0, 0.05) is 19.3 Å². The van der Waals surface area contributed by atoms with E-state index in [2.05, 4.69) is 0 Å². The summed E-state index contributed by atoms with van der Waals surface area (Å²) in [6.07, 6.45) is 9.93. The summed E-state index contributed by atoms with van der Waals surface area (Å²) in [4.78, 5) is 36.2. The quantitative estimate of drug-likeness (QED) is 0.617. The van der Waals surface area contributed by atoms with Gasteiger partial charge in [-0.2, -0.15) is 0 Å². The summed E-state index contributed by atoms with van der Waals surface area (Å²) in [6.45, 7) is 7.65. The third kappa shape index (κ3) is 4.88. The van der Waals surface area contributed by atoms with Crippen LogP contribution in [0.4, 0.5) is 0 Å². The van der Waals surface area contributed by atoms with Crippen LogP contribution in [0.3, 0.4) is 0 Å². The van der Waals surface area contributed by atoms with Crippen LogP contribution in [0.2, 0.25) is 0 Å². The Balaban J connectivity index is 2.04. The van der Waals surface area contributed by atoms with E-state index in [-0.39, 0.29) is 39.5 Å².